The van der Waals surface area contributed by atoms with Crippen molar-refractivity contribution < 1.29 is 13.2 Å². The molecule has 1 N–H and O–H groups in total. The van der Waals surface area contributed by atoms with Crippen molar-refractivity contribution in [1.82, 2.24) is 9.78 Å². The number of alkyl halides is 3. The lowest BCUT2D eigenvalue weighted by Crippen LogP contribution is -2.10. The number of aromatic amines is 1. The molecule has 0 spiro atoms. The molecule has 0 saturated carbocycles. The number of rotatable bonds is 2. The minimum absolute atomic E-state index is 0.132. The fourth-order valence-corrected chi connectivity index (χ4v) is 1.62. The minimum atomic E-state index is -4.39. The van der Waals surface area contributed by atoms with Gasteiger partial charge < -0.3 is 0 Å². The molecule has 106 valence electrons. The summed E-state index contributed by atoms with van der Waals surface area (Å²) in [6, 6.07) is 4.21. The van der Waals surface area contributed by atoms with E-state index in [1.807, 2.05) is 0 Å². The third-order valence-corrected chi connectivity index (χ3v) is 2.66. The van der Waals surface area contributed by atoms with Gasteiger partial charge in [0.1, 0.15) is 0 Å². The van der Waals surface area contributed by atoms with Crippen molar-refractivity contribution in [2.45, 2.75) is 13.1 Å². The fourth-order valence-electron chi connectivity index (χ4n) is 1.62. The first-order chi connectivity index (χ1) is 9.29. The van der Waals surface area contributed by atoms with E-state index in [-0.39, 0.29) is 16.9 Å². The van der Waals surface area contributed by atoms with Gasteiger partial charge in [0.2, 0.25) is 0 Å². The Bertz CT molecular complexity index is 695. The first-order valence-corrected chi connectivity index (χ1v) is 5.63. The highest BCUT2D eigenvalue weighted by molar-refractivity contribution is 5.42. The maximum atomic E-state index is 12.4. The number of aryl methyl sites for hydroxylation is 2. The van der Waals surface area contributed by atoms with Crippen LogP contribution in [0.4, 0.5) is 24.5 Å². The maximum Gasteiger partial charge on any atom is 0.416 e. The summed E-state index contributed by atoms with van der Waals surface area (Å²) in [5, 5.41) is 10.3. The predicted molar refractivity (Wildman–Crippen MR) is 66.4 cm³/mol. The molecule has 0 saturated heterocycles. The molecule has 0 aliphatic rings. The molecule has 0 unspecified atom stereocenters. The van der Waals surface area contributed by atoms with Gasteiger partial charge in [-0.25, -0.2) is 0 Å². The summed E-state index contributed by atoms with van der Waals surface area (Å²) < 4.78 is 38.4. The maximum absolute atomic E-state index is 12.4. The molecule has 5 nitrogen and oxygen atoms in total. The summed E-state index contributed by atoms with van der Waals surface area (Å²) in [6.45, 7) is 1.66. The van der Waals surface area contributed by atoms with Crippen LogP contribution in [0.15, 0.2) is 39.3 Å². The van der Waals surface area contributed by atoms with Gasteiger partial charge in [-0.05, 0) is 31.2 Å². The van der Waals surface area contributed by atoms with Crippen LogP contribution >= 0.6 is 0 Å². The van der Waals surface area contributed by atoms with Crippen molar-refractivity contribution in [3.63, 3.8) is 0 Å². The molecule has 0 amide bonds. The summed E-state index contributed by atoms with van der Waals surface area (Å²) in [5.41, 5.74) is -0.204. The Morgan fingerprint density at radius 3 is 2.20 bits per heavy atom. The summed E-state index contributed by atoms with van der Waals surface area (Å²) in [7, 11) is 1.53. The molecule has 2 aromatic rings. The molecule has 1 aromatic carbocycles. The fraction of sp³-hybridized carbons (Fsp3) is 0.250. The van der Waals surface area contributed by atoms with Crippen molar-refractivity contribution in [2.24, 2.45) is 17.3 Å². The van der Waals surface area contributed by atoms with Gasteiger partial charge in [-0.2, -0.15) is 18.3 Å². The number of hydrogen-bond acceptors (Lipinski definition) is 3. The number of benzene rings is 1. The highest BCUT2D eigenvalue weighted by atomic mass is 19.4. The van der Waals surface area contributed by atoms with Crippen LogP contribution in [-0.4, -0.2) is 9.78 Å². The van der Waals surface area contributed by atoms with Crippen LogP contribution in [0.2, 0.25) is 0 Å². The molecular formula is C12H11F3N4O. The average Bonchev–Trinajstić information content (AvgIpc) is 2.61. The molecule has 0 radical (unpaired) electrons. The minimum Gasteiger partial charge on any atom is -0.298 e. The van der Waals surface area contributed by atoms with Crippen LogP contribution in [0.3, 0.4) is 0 Å². The number of H-pyrrole nitrogens is 1. The van der Waals surface area contributed by atoms with E-state index in [1.54, 1.807) is 6.92 Å². The van der Waals surface area contributed by atoms with E-state index in [4.69, 9.17) is 0 Å². The molecule has 0 aliphatic heterocycles. The van der Waals surface area contributed by atoms with E-state index >= 15 is 0 Å². The topological polar surface area (TPSA) is 62.5 Å². The third kappa shape index (κ3) is 2.79. The molecule has 20 heavy (non-hydrogen) atoms. The molecule has 8 heteroatoms. The Morgan fingerprint density at radius 2 is 1.75 bits per heavy atom. The van der Waals surface area contributed by atoms with E-state index < -0.39 is 11.7 Å². The first-order valence-electron chi connectivity index (χ1n) is 5.63. The van der Waals surface area contributed by atoms with Crippen molar-refractivity contribution in [1.29, 1.82) is 0 Å². The summed E-state index contributed by atoms with van der Waals surface area (Å²) >= 11 is 0. The Hall–Kier alpha value is -2.38. The van der Waals surface area contributed by atoms with Crippen LogP contribution < -0.4 is 5.56 Å². The van der Waals surface area contributed by atoms with Gasteiger partial charge in [0.05, 0.1) is 16.9 Å². The number of nitrogens with zero attached hydrogens (tertiary/aromatic N) is 3. The van der Waals surface area contributed by atoms with Gasteiger partial charge in [0.25, 0.3) is 5.56 Å². The third-order valence-electron chi connectivity index (χ3n) is 2.66. The average molecular weight is 284 g/mol. The van der Waals surface area contributed by atoms with E-state index in [9.17, 15) is 18.0 Å². The van der Waals surface area contributed by atoms with Crippen LogP contribution in [0, 0.1) is 6.92 Å². The van der Waals surface area contributed by atoms with Crippen molar-refractivity contribution >= 4 is 11.4 Å². The standard InChI is InChI=1S/C12H11F3N4O/c1-7-10(11(20)19(2)18-7)17-16-9-5-3-8(4-6-9)12(13,14)15/h3-6,18H,1-2H3. The number of aromatic nitrogens is 2. The second-order valence-corrected chi connectivity index (χ2v) is 4.19. The van der Waals surface area contributed by atoms with Gasteiger partial charge in [-0.3, -0.25) is 14.6 Å². The summed E-state index contributed by atoms with van der Waals surface area (Å²) in [5.74, 6) is 0. The van der Waals surface area contributed by atoms with Crippen LogP contribution in [0.5, 0.6) is 0 Å². The molecule has 0 bridgehead atoms. The van der Waals surface area contributed by atoms with Crippen molar-refractivity contribution in [2.75, 3.05) is 0 Å². The van der Waals surface area contributed by atoms with E-state index in [1.165, 1.54) is 23.9 Å². The molecule has 0 atom stereocenters. The van der Waals surface area contributed by atoms with Gasteiger partial charge in [-0.15, -0.1) is 5.11 Å². The molecular weight excluding hydrogens is 273 g/mol. The van der Waals surface area contributed by atoms with E-state index in [0.717, 1.165) is 12.1 Å². The SMILES string of the molecule is Cc1[nH]n(C)c(=O)c1N=Nc1ccc(C(F)(F)F)cc1. The van der Waals surface area contributed by atoms with Gasteiger partial charge in [0, 0.05) is 7.05 Å². The normalized spacial score (nSPS) is 12.2. The lowest BCUT2D eigenvalue weighted by atomic mass is 10.2. The zero-order valence-electron chi connectivity index (χ0n) is 10.7. The highest BCUT2D eigenvalue weighted by Crippen LogP contribution is 2.30. The Kier molecular flexibility index (Phi) is 3.47. The predicted octanol–water partition coefficient (Wildman–Crippen LogP) is 3.46. The van der Waals surface area contributed by atoms with E-state index in [2.05, 4.69) is 15.3 Å². The second-order valence-electron chi connectivity index (χ2n) is 4.19. The lowest BCUT2D eigenvalue weighted by molar-refractivity contribution is -0.137. The smallest absolute Gasteiger partial charge is 0.298 e. The van der Waals surface area contributed by atoms with Crippen LogP contribution in [0.25, 0.3) is 0 Å². The second kappa shape index (κ2) is 4.95. The zero-order valence-corrected chi connectivity index (χ0v) is 10.7. The largest absolute Gasteiger partial charge is 0.416 e. The summed E-state index contributed by atoms with van der Waals surface area (Å²) in [6.07, 6.45) is -4.39. The van der Waals surface area contributed by atoms with Gasteiger partial charge >= 0.3 is 6.18 Å². The van der Waals surface area contributed by atoms with Crippen LogP contribution in [0.1, 0.15) is 11.3 Å². The zero-order chi connectivity index (χ0) is 14.9. The molecule has 2 rings (SSSR count). The lowest BCUT2D eigenvalue weighted by Gasteiger charge is -2.05. The number of azo groups is 1. The highest BCUT2D eigenvalue weighted by Gasteiger charge is 2.29. The van der Waals surface area contributed by atoms with Crippen molar-refractivity contribution in [3.8, 4) is 0 Å². The number of halogens is 3. The van der Waals surface area contributed by atoms with Gasteiger partial charge in [0.15, 0.2) is 5.69 Å². The molecule has 0 fully saturated rings. The Morgan fingerprint density at radius 1 is 1.15 bits per heavy atom. The number of nitrogens with one attached hydrogen (secondary N) is 1. The Balaban J connectivity index is 2.26. The molecule has 0 aliphatic carbocycles. The van der Waals surface area contributed by atoms with Crippen LogP contribution in [-0.2, 0) is 13.2 Å². The number of hydrogen-bond donors (Lipinski definition) is 1. The summed E-state index contributed by atoms with van der Waals surface area (Å²) in [4.78, 5) is 11.6. The Labute approximate surface area is 111 Å². The van der Waals surface area contributed by atoms with Crippen molar-refractivity contribution in [3.05, 3.63) is 45.9 Å². The quantitative estimate of drug-likeness (QED) is 0.843. The van der Waals surface area contributed by atoms with E-state index in [0.29, 0.717) is 5.69 Å². The first kappa shape index (κ1) is 14.0. The molecule has 1 heterocycles. The van der Waals surface area contributed by atoms with Gasteiger partial charge in [-0.1, -0.05) is 0 Å². The molecule has 1 aromatic heterocycles. The monoisotopic (exact) mass is 284 g/mol.